The van der Waals surface area contributed by atoms with Gasteiger partial charge >= 0.3 is 0 Å². The Hall–Kier alpha value is -4.37. The molecule has 3 heterocycles. The Morgan fingerprint density at radius 2 is 1.67 bits per heavy atom. The van der Waals surface area contributed by atoms with Gasteiger partial charge in [0.1, 0.15) is 11.9 Å². The summed E-state index contributed by atoms with van der Waals surface area (Å²) in [6.45, 7) is 5.57. The molecule has 8 nitrogen and oxygen atoms in total. The van der Waals surface area contributed by atoms with Crippen LogP contribution >= 0.6 is 0 Å². The van der Waals surface area contributed by atoms with Crippen molar-refractivity contribution in [3.05, 3.63) is 118 Å². The van der Waals surface area contributed by atoms with Crippen molar-refractivity contribution in [3.8, 4) is 0 Å². The van der Waals surface area contributed by atoms with Gasteiger partial charge in [-0.15, -0.1) is 5.10 Å². The second-order valence-electron chi connectivity index (χ2n) is 9.91. The number of para-hydroxylation sites is 1. The maximum Gasteiger partial charge on any atom is 0.253 e. The summed E-state index contributed by atoms with van der Waals surface area (Å²) in [6, 6.07) is 24.3. The molecule has 0 unspecified atom stereocenters. The first-order valence-electron chi connectivity index (χ1n) is 13.3. The zero-order chi connectivity index (χ0) is 26.8. The number of halogens is 1. The van der Waals surface area contributed by atoms with E-state index in [1.807, 2.05) is 36.4 Å². The summed E-state index contributed by atoms with van der Waals surface area (Å²) in [7, 11) is 0. The fraction of sp³-hybridized carbons (Fsp3) is 0.267. The lowest BCUT2D eigenvalue weighted by atomic mass is 10.0. The van der Waals surface area contributed by atoms with E-state index in [-0.39, 0.29) is 11.4 Å². The Balaban J connectivity index is 1.39. The molecule has 0 radical (unpaired) electrons. The number of aryl methyl sites for hydroxylation is 1. The van der Waals surface area contributed by atoms with Crippen LogP contribution in [-0.4, -0.2) is 56.3 Å². The molecule has 1 aliphatic rings. The van der Waals surface area contributed by atoms with Gasteiger partial charge in [-0.25, -0.2) is 9.07 Å². The summed E-state index contributed by atoms with van der Waals surface area (Å²) in [4.78, 5) is 21.3. The van der Waals surface area contributed by atoms with Crippen molar-refractivity contribution >= 4 is 16.6 Å². The fourth-order valence-corrected chi connectivity index (χ4v) is 5.36. The number of hydrogen-bond acceptors (Lipinski definition) is 6. The van der Waals surface area contributed by atoms with Gasteiger partial charge in [0.2, 0.25) is 0 Å². The normalized spacial score (nSPS) is 15.1. The molecule has 0 bridgehead atoms. The molecule has 0 spiro atoms. The van der Waals surface area contributed by atoms with Crippen molar-refractivity contribution in [2.24, 2.45) is 0 Å². The van der Waals surface area contributed by atoms with Crippen LogP contribution in [0.5, 0.6) is 0 Å². The monoisotopic (exact) mass is 523 g/mol. The molecule has 1 saturated heterocycles. The lowest BCUT2D eigenvalue weighted by Gasteiger charge is -2.39. The minimum absolute atomic E-state index is 0.154. The molecule has 2 aromatic heterocycles. The van der Waals surface area contributed by atoms with Crippen LogP contribution in [0, 0.1) is 5.82 Å². The number of tetrazole rings is 1. The van der Waals surface area contributed by atoms with Crippen molar-refractivity contribution in [3.63, 3.8) is 0 Å². The molecule has 1 atom stereocenters. The van der Waals surface area contributed by atoms with Gasteiger partial charge in [0.05, 0.1) is 6.54 Å². The van der Waals surface area contributed by atoms with Crippen molar-refractivity contribution in [1.29, 1.82) is 0 Å². The number of aromatic nitrogens is 5. The van der Waals surface area contributed by atoms with Crippen LogP contribution in [0.3, 0.4) is 0 Å². The zero-order valence-electron chi connectivity index (χ0n) is 21.8. The number of fused-ring (bicyclic) bond motifs is 1. The Morgan fingerprint density at radius 1 is 0.923 bits per heavy atom. The number of pyridine rings is 1. The van der Waals surface area contributed by atoms with Gasteiger partial charge in [0, 0.05) is 42.9 Å². The highest BCUT2D eigenvalue weighted by atomic mass is 19.1. The molecule has 198 valence electrons. The molecule has 5 aromatic rings. The molecular weight excluding hydrogens is 493 g/mol. The standard InChI is InChI=1S/C30H30FN7O/c1-2-21-10-13-27-23(18-21)19-26(30(39)32-27)28(37-16-14-36(15-17-37)25-6-4-3-5-7-25)29-33-34-35-38(29)20-22-8-11-24(31)12-9-22/h3-13,18-19,28H,2,14-17,20H2,1H3,(H,32,39)/t28-/m1/s1. The van der Waals surface area contributed by atoms with Crippen LogP contribution in [0.25, 0.3) is 10.9 Å². The van der Waals surface area contributed by atoms with Gasteiger partial charge in [-0.3, -0.25) is 9.69 Å². The predicted molar refractivity (Wildman–Crippen MR) is 149 cm³/mol. The minimum Gasteiger partial charge on any atom is -0.369 e. The summed E-state index contributed by atoms with van der Waals surface area (Å²) >= 11 is 0. The molecule has 9 heteroatoms. The number of aromatic amines is 1. The third-order valence-electron chi connectivity index (χ3n) is 7.49. The first-order chi connectivity index (χ1) is 19.1. The molecule has 1 fully saturated rings. The average molecular weight is 524 g/mol. The number of H-pyrrole nitrogens is 1. The molecule has 3 aromatic carbocycles. The molecule has 6 rings (SSSR count). The van der Waals surface area contributed by atoms with Crippen molar-refractivity contribution < 1.29 is 4.39 Å². The third kappa shape index (κ3) is 5.18. The van der Waals surface area contributed by atoms with Crippen molar-refractivity contribution in [2.75, 3.05) is 31.1 Å². The lowest BCUT2D eigenvalue weighted by molar-refractivity contribution is 0.200. The Kier molecular flexibility index (Phi) is 6.89. The van der Waals surface area contributed by atoms with Crippen molar-refractivity contribution in [1.82, 2.24) is 30.1 Å². The second-order valence-corrected chi connectivity index (χ2v) is 9.91. The summed E-state index contributed by atoms with van der Waals surface area (Å²) < 4.78 is 15.2. The maximum absolute atomic E-state index is 13.5. The van der Waals surface area contributed by atoms with E-state index in [0.717, 1.165) is 49.1 Å². The number of piperazine rings is 1. The van der Waals surface area contributed by atoms with Gasteiger partial charge in [-0.2, -0.15) is 0 Å². The molecular formula is C30H30FN7O. The maximum atomic E-state index is 13.5. The van der Waals surface area contributed by atoms with Gasteiger partial charge in [0.25, 0.3) is 5.56 Å². The van der Waals surface area contributed by atoms with E-state index in [4.69, 9.17) is 0 Å². The number of nitrogens with one attached hydrogen (secondary N) is 1. The molecule has 1 aliphatic heterocycles. The van der Waals surface area contributed by atoms with E-state index in [2.05, 4.69) is 55.4 Å². The van der Waals surface area contributed by atoms with Crippen LogP contribution < -0.4 is 10.5 Å². The quantitative estimate of drug-likeness (QED) is 0.345. The van der Waals surface area contributed by atoms with E-state index >= 15 is 0 Å². The van der Waals surface area contributed by atoms with Crippen LogP contribution in [0.2, 0.25) is 0 Å². The summed E-state index contributed by atoms with van der Waals surface area (Å²) in [5, 5.41) is 13.7. The van der Waals surface area contributed by atoms with Gasteiger partial charge in [-0.05, 0) is 75.8 Å². The average Bonchev–Trinajstić information content (AvgIpc) is 3.42. The topological polar surface area (TPSA) is 82.9 Å². The number of anilines is 1. The minimum atomic E-state index is -0.447. The van der Waals surface area contributed by atoms with E-state index in [9.17, 15) is 9.18 Å². The summed E-state index contributed by atoms with van der Waals surface area (Å²) in [5.74, 6) is 0.294. The van der Waals surface area contributed by atoms with E-state index in [0.29, 0.717) is 17.9 Å². The Morgan fingerprint density at radius 3 is 2.41 bits per heavy atom. The van der Waals surface area contributed by atoms with E-state index in [1.54, 1.807) is 16.8 Å². The van der Waals surface area contributed by atoms with E-state index < -0.39 is 6.04 Å². The van der Waals surface area contributed by atoms with Crippen LogP contribution in [0.15, 0.2) is 83.7 Å². The molecule has 1 N–H and O–H groups in total. The number of rotatable bonds is 7. The van der Waals surface area contributed by atoms with E-state index in [1.165, 1.54) is 23.4 Å². The number of hydrogen-bond donors (Lipinski definition) is 1. The highest BCUT2D eigenvalue weighted by Crippen LogP contribution is 2.29. The molecule has 0 saturated carbocycles. The fourth-order valence-electron chi connectivity index (χ4n) is 5.36. The number of nitrogens with zero attached hydrogens (tertiary/aromatic N) is 6. The second kappa shape index (κ2) is 10.8. The van der Waals surface area contributed by atoms with Gasteiger partial charge < -0.3 is 9.88 Å². The smallest absolute Gasteiger partial charge is 0.253 e. The third-order valence-corrected chi connectivity index (χ3v) is 7.49. The van der Waals surface area contributed by atoms with Gasteiger partial charge in [-0.1, -0.05) is 43.3 Å². The zero-order valence-corrected chi connectivity index (χ0v) is 21.8. The highest BCUT2D eigenvalue weighted by molar-refractivity contribution is 5.80. The van der Waals surface area contributed by atoms with Crippen LogP contribution in [0.1, 0.15) is 35.5 Å². The first kappa shape index (κ1) is 24.9. The van der Waals surface area contributed by atoms with Gasteiger partial charge in [0.15, 0.2) is 5.82 Å². The number of benzene rings is 3. The summed E-state index contributed by atoms with van der Waals surface area (Å²) in [5.41, 5.74) is 4.52. The SMILES string of the molecule is CCc1ccc2[nH]c(=O)c([C@H](c3nnnn3Cc3ccc(F)cc3)N3CCN(c4ccccc4)CC3)cc2c1. The predicted octanol–water partition coefficient (Wildman–Crippen LogP) is 4.18. The Labute approximate surface area is 225 Å². The molecule has 39 heavy (non-hydrogen) atoms. The Bertz CT molecular complexity index is 1620. The lowest BCUT2D eigenvalue weighted by Crippen LogP contribution is -2.49. The van der Waals surface area contributed by atoms with Crippen LogP contribution in [-0.2, 0) is 13.0 Å². The molecule has 0 aliphatic carbocycles. The highest BCUT2D eigenvalue weighted by Gasteiger charge is 2.32. The first-order valence-corrected chi connectivity index (χ1v) is 13.3. The summed E-state index contributed by atoms with van der Waals surface area (Å²) in [6.07, 6.45) is 0.908. The van der Waals surface area contributed by atoms with Crippen LogP contribution in [0.4, 0.5) is 10.1 Å². The molecule has 0 amide bonds. The largest absolute Gasteiger partial charge is 0.369 e. The van der Waals surface area contributed by atoms with Crippen molar-refractivity contribution in [2.45, 2.75) is 25.9 Å².